The zero-order chi connectivity index (χ0) is 8.81. The standard InChI is InChI=1S/C10H15OS/c1-3-5-6-10-7-9(8-12-10)11-4-2/h7-8H,1,3-6H2,2H3. The highest BCUT2D eigenvalue weighted by atomic mass is 32.1. The number of hydrogen-bond donors (Lipinski definition) is 0. The van der Waals surface area contributed by atoms with E-state index in [9.17, 15) is 0 Å². The maximum absolute atomic E-state index is 5.36. The molecular formula is C10H15OS. The molecule has 0 saturated carbocycles. The van der Waals surface area contributed by atoms with Crippen LogP contribution in [-0.4, -0.2) is 6.61 Å². The first kappa shape index (κ1) is 9.59. The molecule has 0 N–H and O–H groups in total. The molecule has 0 aromatic carbocycles. The second kappa shape index (κ2) is 5.20. The Kier molecular flexibility index (Phi) is 4.15. The molecule has 0 aliphatic rings. The molecule has 0 bridgehead atoms. The van der Waals surface area contributed by atoms with E-state index in [-0.39, 0.29) is 0 Å². The third kappa shape index (κ3) is 2.86. The van der Waals surface area contributed by atoms with Crippen LogP contribution in [0.4, 0.5) is 0 Å². The van der Waals surface area contributed by atoms with Gasteiger partial charge in [0.05, 0.1) is 6.61 Å². The van der Waals surface area contributed by atoms with E-state index in [2.05, 4.69) is 18.4 Å². The van der Waals surface area contributed by atoms with Gasteiger partial charge in [-0.1, -0.05) is 13.3 Å². The SMILES string of the molecule is [CH2]CCCc1cc(OCC)cs1. The number of thiophene rings is 1. The molecule has 0 atom stereocenters. The fraction of sp³-hybridized carbons (Fsp3) is 0.500. The van der Waals surface area contributed by atoms with E-state index in [0.29, 0.717) is 0 Å². The van der Waals surface area contributed by atoms with Gasteiger partial charge < -0.3 is 4.74 Å². The fourth-order valence-corrected chi connectivity index (χ4v) is 1.88. The van der Waals surface area contributed by atoms with Gasteiger partial charge in [-0.25, -0.2) is 0 Å². The largest absolute Gasteiger partial charge is 0.493 e. The van der Waals surface area contributed by atoms with Crippen molar-refractivity contribution in [2.45, 2.75) is 26.2 Å². The summed E-state index contributed by atoms with van der Waals surface area (Å²) in [6, 6.07) is 2.13. The Hall–Kier alpha value is -0.500. The van der Waals surface area contributed by atoms with E-state index >= 15 is 0 Å². The first-order valence-electron chi connectivity index (χ1n) is 4.36. The Morgan fingerprint density at radius 2 is 2.42 bits per heavy atom. The molecule has 1 radical (unpaired) electrons. The van der Waals surface area contributed by atoms with Gasteiger partial charge in [0.15, 0.2) is 0 Å². The van der Waals surface area contributed by atoms with Crippen molar-refractivity contribution in [3.8, 4) is 5.75 Å². The van der Waals surface area contributed by atoms with Crippen LogP contribution in [0, 0.1) is 6.92 Å². The van der Waals surface area contributed by atoms with Crippen molar-refractivity contribution in [1.29, 1.82) is 0 Å². The topological polar surface area (TPSA) is 9.23 Å². The normalized spacial score (nSPS) is 10.2. The van der Waals surface area contributed by atoms with Crippen LogP contribution >= 0.6 is 11.3 Å². The summed E-state index contributed by atoms with van der Waals surface area (Å²) in [5.41, 5.74) is 0. The van der Waals surface area contributed by atoms with Gasteiger partial charge in [0.1, 0.15) is 5.75 Å². The summed E-state index contributed by atoms with van der Waals surface area (Å²) < 4.78 is 5.36. The van der Waals surface area contributed by atoms with Crippen LogP contribution in [0.2, 0.25) is 0 Å². The molecule has 0 unspecified atom stereocenters. The Morgan fingerprint density at radius 1 is 1.58 bits per heavy atom. The fourth-order valence-electron chi connectivity index (χ4n) is 1.03. The van der Waals surface area contributed by atoms with Crippen LogP contribution in [0.5, 0.6) is 5.75 Å². The van der Waals surface area contributed by atoms with Gasteiger partial charge in [0, 0.05) is 10.3 Å². The highest BCUT2D eigenvalue weighted by Gasteiger charge is 1.98. The predicted molar refractivity (Wildman–Crippen MR) is 53.8 cm³/mol. The van der Waals surface area contributed by atoms with Gasteiger partial charge in [0.2, 0.25) is 0 Å². The van der Waals surface area contributed by atoms with Gasteiger partial charge in [-0.15, -0.1) is 11.3 Å². The molecule has 0 spiro atoms. The predicted octanol–water partition coefficient (Wildman–Crippen LogP) is 3.30. The van der Waals surface area contributed by atoms with Gasteiger partial charge in [0.25, 0.3) is 0 Å². The maximum atomic E-state index is 5.36. The summed E-state index contributed by atoms with van der Waals surface area (Å²) in [6.45, 7) is 6.58. The molecule has 1 rings (SSSR count). The Bertz CT molecular complexity index is 217. The second-order valence-corrected chi connectivity index (χ2v) is 3.63. The number of aryl methyl sites for hydroxylation is 1. The zero-order valence-corrected chi connectivity index (χ0v) is 8.32. The lowest BCUT2D eigenvalue weighted by Crippen LogP contribution is -1.88. The molecule has 67 valence electrons. The van der Waals surface area contributed by atoms with Crippen LogP contribution in [0.25, 0.3) is 0 Å². The maximum Gasteiger partial charge on any atom is 0.130 e. The molecule has 1 nitrogen and oxygen atoms in total. The van der Waals surface area contributed by atoms with Gasteiger partial charge in [-0.2, -0.15) is 0 Å². The first-order chi connectivity index (χ1) is 5.86. The molecule has 0 saturated heterocycles. The van der Waals surface area contributed by atoms with Crippen LogP contribution in [-0.2, 0) is 6.42 Å². The van der Waals surface area contributed by atoms with Gasteiger partial charge in [-0.3, -0.25) is 0 Å². The van der Waals surface area contributed by atoms with Crippen molar-refractivity contribution in [3.05, 3.63) is 23.2 Å². The third-order valence-corrected chi connectivity index (χ3v) is 2.59. The lowest BCUT2D eigenvalue weighted by Gasteiger charge is -1.96. The van der Waals surface area contributed by atoms with E-state index in [0.717, 1.165) is 25.2 Å². The average Bonchev–Trinajstić information content (AvgIpc) is 2.50. The zero-order valence-electron chi connectivity index (χ0n) is 7.51. The third-order valence-electron chi connectivity index (χ3n) is 1.61. The van der Waals surface area contributed by atoms with Crippen molar-refractivity contribution >= 4 is 11.3 Å². The Balaban J connectivity index is 2.41. The highest BCUT2D eigenvalue weighted by Crippen LogP contribution is 2.22. The molecule has 1 aromatic rings. The molecule has 0 aliphatic carbocycles. The van der Waals surface area contributed by atoms with Gasteiger partial charge in [-0.05, 0) is 25.8 Å². The van der Waals surface area contributed by atoms with Crippen LogP contribution in [0.3, 0.4) is 0 Å². The van der Waals surface area contributed by atoms with E-state index in [1.807, 2.05) is 6.92 Å². The molecule has 1 aromatic heterocycles. The van der Waals surface area contributed by atoms with Crippen LogP contribution in [0.15, 0.2) is 11.4 Å². The van der Waals surface area contributed by atoms with E-state index in [1.165, 1.54) is 11.3 Å². The van der Waals surface area contributed by atoms with E-state index in [1.54, 1.807) is 11.3 Å². The quantitative estimate of drug-likeness (QED) is 0.680. The minimum atomic E-state index is 0.755. The molecule has 2 heteroatoms. The second-order valence-electron chi connectivity index (χ2n) is 2.64. The van der Waals surface area contributed by atoms with Crippen molar-refractivity contribution in [1.82, 2.24) is 0 Å². The Labute approximate surface area is 78.4 Å². The summed E-state index contributed by atoms with van der Waals surface area (Å²) in [5.74, 6) is 1.02. The number of hydrogen-bond acceptors (Lipinski definition) is 2. The lowest BCUT2D eigenvalue weighted by atomic mass is 10.2. The number of ether oxygens (including phenoxy) is 1. The van der Waals surface area contributed by atoms with Crippen molar-refractivity contribution < 1.29 is 4.74 Å². The summed E-state index contributed by atoms with van der Waals surface area (Å²) in [4.78, 5) is 1.40. The molecular weight excluding hydrogens is 168 g/mol. The molecule has 0 amide bonds. The first-order valence-corrected chi connectivity index (χ1v) is 5.24. The van der Waals surface area contributed by atoms with Crippen molar-refractivity contribution in [2.24, 2.45) is 0 Å². The van der Waals surface area contributed by atoms with Gasteiger partial charge >= 0.3 is 0 Å². The summed E-state index contributed by atoms with van der Waals surface area (Å²) in [5, 5.41) is 2.07. The molecule has 0 aliphatic heterocycles. The Morgan fingerprint density at radius 3 is 3.08 bits per heavy atom. The molecule has 12 heavy (non-hydrogen) atoms. The molecule has 1 heterocycles. The smallest absolute Gasteiger partial charge is 0.130 e. The number of rotatable bonds is 5. The summed E-state index contributed by atoms with van der Waals surface area (Å²) in [7, 11) is 0. The molecule has 0 fully saturated rings. The average molecular weight is 183 g/mol. The lowest BCUT2D eigenvalue weighted by molar-refractivity contribution is 0.341. The van der Waals surface area contributed by atoms with Crippen molar-refractivity contribution in [2.75, 3.05) is 6.61 Å². The minimum Gasteiger partial charge on any atom is -0.493 e. The highest BCUT2D eigenvalue weighted by molar-refractivity contribution is 7.10. The minimum absolute atomic E-state index is 0.755. The van der Waals surface area contributed by atoms with Crippen LogP contribution in [0.1, 0.15) is 24.6 Å². The van der Waals surface area contributed by atoms with Crippen LogP contribution < -0.4 is 4.74 Å². The van der Waals surface area contributed by atoms with E-state index in [4.69, 9.17) is 4.74 Å². The summed E-state index contributed by atoms with van der Waals surface area (Å²) in [6.07, 6.45) is 3.33. The van der Waals surface area contributed by atoms with E-state index < -0.39 is 0 Å². The number of unbranched alkanes of at least 4 members (excludes halogenated alkanes) is 1. The monoisotopic (exact) mass is 183 g/mol. The van der Waals surface area contributed by atoms with Crippen molar-refractivity contribution in [3.63, 3.8) is 0 Å². The summed E-state index contributed by atoms with van der Waals surface area (Å²) >= 11 is 1.78.